The molecule has 0 radical (unpaired) electrons. The lowest BCUT2D eigenvalue weighted by atomic mass is 9.92. The second kappa shape index (κ2) is 4.81. The molecule has 2 N–H and O–H groups in total. The smallest absolute Gasteiger partial charge is 0.223 e. The van der Waals surface area contributed by atoms with Crippen molar-refractivity contribution >= 4 is 5.91 Å². The lowest BCUT2D eigenvalue weighted by Gasteiger charge is -2.25. The zero-order chi connectivity index (χ0) is 12.5. The van der Waals surface area contributed by atoms with E-state index in [2.05, 4.69) is 17.5 Å². The van der Waals surface area contributed by atoms with Crippen molar-refractivity contribution in [3.63, 3.8) is 0 Å². The topological polar surface area (TPSA) is 49.3 Å². The van der Waals surface area contributed by atoms with Crippen LogP contribution >= 0.6 is 0 Å². The molecule has 2 aliphatic rings. The quantitative estimate of drug-likeness (QED) is 0.717. The Hall–Kier alpha value is -0.830. The first-order chi connectivity index (χ1) is 8.02. The summed E-state index contributed by atoms with van der Waals surface area (Å²) < 4.78 is 0. The van der Waals surface area contributed by atoms with E-state index in [0.29, 0.717) is 18.4 Å². The van der Waals surface area contributed by atoms with Gasteiger partial charge in [0, 0.05) is 12.5 Å². The molecule has 17 heavy (non-hydrogen) atoms. The van der Waals surface area contributed by atoms with E-state index in [9.17, 15) is 9.90 Å². The van der Waals surface area contributed by atoms with Crippen LogP contribution in [0.15, 0.2) is 12.2 Å². The van der Waals surface area contributed by atoms with E-state index in [4.69, 9.17) is 0 Å². The summed E-state index contributed by atoms with van der Waals surface area (Å²) in [6.45, 7) is 4.20. The Bertz CT molecular complexity index is 322. The number of amides is 1. The Morgan fingerprint density at radius 3 is 2.76 bits per heavy atom. The van der Waals surface area contributed by atoms with Gasteiger partial charge in [-0.1, -0.05) is 25.5 Å². The molecule has 4 unspecified atom stereocenters. The second-order valence-corrected chi connectivity index (χ2v) is 5.85. The zero-order valence-electron chi connectivity index (χ0n) is 10.8. The molecule has 1 amide bonds. The first kappa shape index (κ1) is 12.6. The summed E-state index contributed by atoms with van der Waals surface area (Å²) in [4.78, 5) is 12.0. The second-order valence-electron chi connectivity index (χ2n) is 5.85. The average Bonchev–Trinajstić information content (AvgIpc) is 2.87. The molecule has 0 aliphatic heterocycles. The van der Waals surface area contributed by atoms with Gasteiger partial charge in [-0.3, -0.25) is 4.79 Å². The summed E-state index contributed by atoms with van der Waals surface area (Å²) in [6, 6.07) is 0. The minimum Gasteiger partial charge on any atom is -0.388 e. The summed E-state index contributed by atoms with van der Waals surface area (Å²) in [5.41, 5.74) is -0.766. The zero-order valence-corrected chi connectivity index (χ0v) is 10.8. The molecule has 96 valence electrons. The summed E-state index contributed by atoms with van der Waals surface area (Å²) >= 11 is 0. The summed E-state index contributed by atoms with van der Waals surface area (Å²) in [5.74, 6) is 1.32. The van der Waals surface area contributed by atoms with Crippen molar-refractivity contribution in [1.82, 2.24) is 5.32 Å². The van der Waals surface area contributed by atoms with Gasteiger partial charge in [0.25, 0.3) is 0 Å². The van der Waals surface area contributed by atoms with Crippen LogP contribution in [0, 0.1) is 17.8 Å². The molecule has 0 saturated heterocycles. The van der Waals surface area contributed by atoms with Gasteiger partial charge in [0.15, 0.2) is 0 Å². The van der Waals surface area contributed by atoms with Crippen LogP contribution in [-0.2, 0) is 4.79 Å². The van der Waals surface area contributed by atoms with Gasteiger partial charge in [0.2, 0.25) is 5.91 Å². The highest BCUT2D eigenvalue weighted by Crippen LogP contribution is 2.43. The largest absolute Gasteiger partial charge is 0.388 e. The number of carbonyl (C=O) groups is 1. The van der Waals surface area contributed by atoms with E-state index in [1.807, 2.05) is 6.92 Å². The van der Waals surface area contributed by atoms with Crippen molar-refractivity contribution in [2.75, 3.05) is 6.54 Å². The lowest BCUT2D eigenvalue weighted by molar-refractivity contribution is -0.126. The predicted molar refractivity (Wildman–Crippen MR) is 67.4 cm³/mol. The van der Waals surface area contributed by atoms with E-state index >= 15 is 0 Å². The fourth-order valence-corrected chi connectivity index (χ4v) is 3.12. The number of fused-ring (bicyclic) bond motifs is 2. The maximum atomic E-state index is 12.0. The molecule has 2 aliphatic carbocycles. The molecule has 0 aromatic rings. The van der Waals surface area contributed by atoms with E-state index in [1.54, 1.807) is 6.92 Å². The van der Waals surface area contributed by atoms with Crippen LogP contribution in [0.1, 0.15) is 39.5 Å². The number of carbonyl (C=O) groups excluding carboxylic acids is 1. The number of aliphatic hydroxyl groups is 1. The number of hydrogen-bond acceptors (Lipinski definition) is 2. The Morgan fingerprint density at radius 1 is 1.47 bits per heavy atom. The highest BCUT2D eigenvalue weighted by Gasteiger charge is 2.39. The first-order valence-electron chi connectivity index (χ1n) is 6.70. The van der Waals surface area contributed by atoms with Gasteiger partial charge in [-0.05, 0) is 38.0 Å². The van der Waals surface area contributed by atoms with Crippen molar-refractivity contribution in [3.05, 3.63) is 12.2 Å². The molecule has 3 nitrogen and oxygen atoms in total. The first-order valence-corrected chi connectivity index (χ1v) is 6.70. The summed E-state index contributed by atoms with van der Waals surface area (Å²) in [6.07, 6.45) is 8.21. The molecular formula is C14H23NO2. The SMILES string of the molecule is CCCC(C)(O)CNC(=O)C1CC2C=CC1C2. The van der Waals surface area contributed by atoms with Gasteiger partial charge < -0.3 is 10.4 Å². The van der Waals surface area contributed by atoms with Crippen LogP contribution in [0.5, 0.6) is 0 Å². The fourth-order valence-electron chi connectivity index (χ4n) is 3.12. The van der Waals surface area contributed by atoms with Crippen LogP contribution in [0.2, 0.25) is 0 Å². The molecule has 0 aromatic carbocycles. The molecule has 2 rings (SSSR count). The highest BCUT2D eigenvalue weighted by atomic mass is 16.3. The van der Waals surface area contributed by atoms with Crippen LogP contribution in [0.4, 0.5) is 0 Å². The van der Waals surface area contributed by atoms with Crippen molar-refractivity contribution in [3.8, 4) is 0 Å². The van der Waals surface area contributed by atoms with Crippen LogP contribution in [0.3, 0.4) is 0 Å². The molecule has 0 aromatic heterocycles. The van der Waals surface area contributed by atoms with Crippen molar-refractivity contribution in [2.24, 2.45) is 17.8 Å². The van der Waals surface area contributed by atoms with E-state index < -0.39 is 5.60 Å². The van der Waals surface area contributed by atoms with Crippen LogP contribution in [0.25, 0.3) is 0 Å². The third kappa shape index (κ3) is 2.89. The fraction of sp³-hybridized carbons (Fsp3) is 0.786. The van der Waals surface area contributed by atoms with E-state index in [0.717, 1.165) is 25.7 Å². The lowest BCUT2D eigenvalue weighted by Crippen LogP contribution is -2.43. The third-order valence-electron chi connectivity index (χ3n) is 4.05. The highest BCUT2D eigenvalue weighted by molar-refractivity contribution is 5.80. The van der Waals surface area contributed by atoms with Crippen molar-refractivity contribution in [1.29, 1.82) is 0 Å². The van der Waals surface area contributed by atoms with Crippen molar-refractivity contribution < 1.29 is 9.90 Å². The third-order valence-corrected chi connectivity index (χ3v) is 4.05. The molecule has 3 heteroatoms. The normalized spacial score (nSPS) is 33.7. The van der Waals surface area contributed by atoms with Crippen molar-refractivity contribution in [2.45, 2.75) is 45.1 Å². The molecule has 0 heterocycles. The Labute approximate surface area is 103 Å². The standard InChI is InChI=1S/C14H23NO2/c1-3-6-14(2,17)9-15-13(16)12-8-10-4-5-11(12)7-10/h4-5,10-12,17H,3,6-9H2,1-2H3,(H,15,16). The van der Waals surface area contributed by atoms with E-state index in [-0.39, 0.29) is 11.8 Å². The van der Waals surface area contributed by atoms with Gasteiger partial charge in [-0.25, -0.2) is 0 Å². The van der Waals surface area contributed by atoms with Gasteiger partial charge in [-0.2, -0.15) is 0 Å². The molecular weight excluding hydrogens is 214 g/mol. The average molecular weight is 237 g/mol. The van der Waals surface area contributed by atoms with Gasteiger partial charge in [0.1, 0.15) is 0 Å². The Balaban J connectivity index is 1.80. The number of nitrogens with one attached hydrogen (secondary N) is 1. The summed E-state index contributed by atoms with van der Waals surface area (Å²) in [5, 5.41) is 12.9. The van der Waals surface area contributed by atoms with E-state index in [1.165, 1.54) is 0 Å². The number of hydrogen-bond donors (Lipinski definition) is 2. The molecule has 4 atom stereocenters. The van der Waals surface area contributed by atoms with Gasteiger partial charge in [-0.15, -0.1) is 0 Å². The molecule has 0 spiro atoms. The maximum absolute atomic E-state index is 12.0. The van der Waals surface area contributed by atoms with Crippen LogP contribution in [-0.4, -0.2) is 23.2 Å². The Kier molecular flexibility index (Phi) is 3.57. The van der Waals surface area contributed by atoms with Crippen LogP contribution < -0.4 is 5.32 Å². The maximum Gasteiger partial charge on any atom is 0.223 e. The number of rotatable bonds is 5. The molecule has 1 saturated carbocycles. The monoisotopic (exact) mass is 237 g/mol. The molecule has 2 bridgehead atoms. The number of allylic oxidation sites excluding steroid dienone is 2. The van der Waals surface area contributed by atoms with Gasteiger partial charge in [0.05, 0.1) is 5.60 Å². The Morgan fingerprint density at radius 2 is 2.24 bits per heavy atom. The minimum atomic E-state index is -0.766. The summed E-state index contributed by atoms with van der Waals surface area (Å²) in [7, 11) is 0. The minimum absolute atomic E-state index is 0.123. The molecule has 1 fully saturated rings. The van der Waals surface area contributed by atoms with Gasteiger partial charge >= 0.3 is 0 Å². The predicted octanol–water partition coefficient (Wildman–Crippen LogP) is 1.87.